The van der Waals surface area contributed by atoms with Crippen molar-refractivity contribution in [1.82, 2.24) is 0 Å². The first-order valence-electron chi connectivity index (χ1n) is 9.44. The van der Waals surface area contributed by atoms with E-state index in [2.05, 4.69) is 0 Å². The third-order valence-corrected chi connectivity index (χ3v) is 7.05. The van der Waals surface area contributed by atoms with E-state index in [0.29, 0.717) is 11.5 Å². The minimum absolute atomic E-state index is 0.112. The van der Waals surface area contributed by atoms with Gasteiger partial charge in [-0.25, -0.2) is 0 Å². The molecular weight excluding hydrogens is 428 g/mol. The molecular formula is C21H26O7S2. The largest absolute Gasteiger partial charge is 0.374 e. The van der Waals surface area contributed by atoms with Gasteiger partial charge in [-0.15, -0.1) is 0 Å². The lowest BCUT2D eigenvalue weighted by Crippen LogP contribution is -2.41. The maximum atomic E-state index is 13.4. The molecule has 9 heteroatoms. The van der Waals surface area contributed by atoms with Crippen LogP contribution in [0.4, 0.5) is 0 Å². The summed E-state index contributed by atoms with van der Waals surface area (Å²) in [5, 5.41) is -0.789. The second kappa shape index (κ2) is 10.1. The second-order valence-corrected chi connectivity index (χ2v) is 10.3. The summed E-state index contributed by atoms with van der Waals surface area (Å²) >= 11 is 0. The van der Waals surface area contributed by atoms with E-state index in [4.69, 9.17) is 18.4 Å². The van der Waals surface area contributed by atoms with Crippen LogP contribution in [0, 0.1) is 6.92 Å². The third-order valence-electron chi connectivity index (χ3n) is 4.68. The quantitative estimate of drug-likeness (QED) is 0.538. The van der Waals surface area contributed by atoms with Crippen molar-refractivity contribution in [2.24, 2.45) is 0 Å². The second-order valence-electron chi connectivity index (χ2n) is 7.12. The smallest absolute Gasteiger partial charge is 0.264 e. The van der Waals surface area contributed by atoms with Crippen molar-refractivity contribution in [3.63, 3.8) is 0 Å². The van der Waals surface area contributed by atoms with Crippen LogP contribution in [-0.2, 0) is 45.9 Å². The highest BCUT2D eigenvalue weighted by molar-refractivity contribution is 7.86. The highest BCUT2D eigenvalue weighted by atomic mass is 32.2. The van der Waals surface area contributed by atoms with E-state index in [1.54, 1.807) is 12.1 Å². The Balaban J connectivity index is 1.82. The van der Waals surface area contributed by atoms with Gasteiger partial charge in [0.1, 0.15) is 17.5 Å². The van der Waals surface area contributed by atoms with Crippen molar-refractivity contribution in [3.8, 4) is 0 Å². The number of hydrogen-bond donors (Lipinski definition) is 0. The Bertz CT molecular complexity index is 945. The molecule has 1 saturated heterocycles. The van der Waals surface area contributed by atoms with Gasteiger partial charge in [0.2, 0.25) is 0 Å². The Kier molecular flexibility index (Phi) is 7.78. The molecule has 7 nitrogen and oxygen atoms in total. The Labute approximate surface area is 179 Å². The van der Waals surface area contributed by atoms with Gasteiger partial charge in [0, 0.05) is 12.0 Å². The highest BCUT2D eigenvalue weighted by Gasteiger charge is 2.51. The van der Waals surface area contributed by atoms with E-state index >= 15 is 0 Å². The molecule has 0 aromatic heterocycles. The molecule has 0 bridgehead atoms. The molecule has 5 atom stereocenters. The van der Waals surface area contributed by atoms with Crippen LogP contribution in [-0.4, -0.2) is 56.3 Å². The average molecular weight is 455 g/mol. The average Bonchev–Trinajstić information content (AvgIpc) is 3.04. The normalized spacial score (nSPS) is 25.3. The first-order chi connectivity index (χ1) is 14.3. The van der Waals surface area contributed by atoms with Crippen molar-refractivity contribution in [1.29, 1.82) is 0 Å². The van der Waals surface area contributed by atoms with Crippen LogP contribution in [0.5, 0.6) is 0 Å². The van der Waals surface area contributed by atoms with E-state index in [9.17, 15) is 12.6 Å². The Morgan fingerprint density at radius 2 is 1.73 bits per heavy atom. The standard InChI is InChI=1S/C21H26O7S2/c1-15-9-11-17(12-10-15)29(22)20-18(14-26-13-16-7-5-4-6-8-16)27-21(25-2)19(20)28-30(3,23)24/h4-12,18-21H,13-14H2,1-3H3/t18-,19-,20+,21-,29-/m1/s1. The van der Waals surface area contributed by atoms with Gasteiger partial charge in [0.15, 0.2) is 6.29 Å². The Morgan fingerprint density at radius 1 is 1.07 bits per heavy atom. The predicted molar refractivity (Wildman–Crippen MR) is 113 cm³/mol. The fourth-order valence-corrected chi connectivity index (χ4v) is 5.52. The molecule has 0 amide bonds. The third kappa shape index (κ3) is 5.96. The number of aryl methyl sites for hydroxylation is 1. The summed E-state index contributed by atoms with van der Waals surface area (Å²) in [4.78, 5) is 0.557. The Morgan fingerprint density at radius 3 is 2.33 bits per heavy atom. The Hall–Kier alpha value is -1.62. The van der Waals surface area contributed by atoms with Gasteiger partial charge >= 0.3 is 0 Å². The minimum Gasteiger partial charge on any atom is -0.374 e. The molecule has 0 N–H and O–H groups in total. The van der Waals surface area contributed by atoms with E-state index in [1.807, 2.05) is 49.4 Å². The number of rotatable bonds is 9. The summed E-state index contributed by atoms with van der Waals surface area (Å²) in [6.45, 7) is 2.39. The first-order valence-corrected chi connectivity index (χ1v) is 12.5. The molecule has 0 unspecified atom stereocenters. The van der Waals surface area contributed by atoms with Crippen molar-refractivity contribution < 1.29 is 31.0 Å². The van der Waals surface area contributed by atoms with Gasteiger partial charge < -0.3 is 14.2 Å². The topological polar surface area (TPSA) is 88.1 Å². The molecule has 1 aliphatic rings. The first kappa shape index (κ1) is 23.1. The van der Waals surface area contributed by atoms with Crippen LogP contribution in [0.25, 0.3) is 0 Å². The van der Waals surface area contributed by atoms with Crippen LogP contribution in [0.2, 0.25) is 0 Å². The summed E-state index contributed by atoms with van der Waals surface area (Å²) in [7, 11) is -4.04. The molecule has 2 aromatic carbocycles. The maximum absolute atomic E-state index is 13.4. The molecule has 0 spiro atoms. The van der Waals surface area contributed by atoms with Crippen molar-refractivity contribution in [2.45, 2.75) is 42.2 Å². The summed E-state index contributed by atoms with van der Waals surface area (Å²) < 4.78 is 59.3. The SMILES string of the molecule is CO[C@@H]1O[C@H](COCc2ccccc2)[C@H]([S@](=O)c2ccc(C)cc2)[C@H]1OS(C)(=O)=O. The van der Waals surface area contributed by atoms with Gasteiger partial charge in [0.05, 0.1) is 30.3 Å². The summed E-state index contributed by atoms with van der Waals surface area (Å²) in [5.41, 5.74) is 2.01. The zero-order valence-corrected chi connectivity index (χ0v) is 18.7. The van der Waals surface area contributed by atoms with Gasteiger partial charge in [-0.3, -0.25) is 8.39 Å². The van der Waals surface area contributed by atoms with E-state index in [1.165, 1.54) is 7.11 Å². The molecule has 0 saturated carbocycles. The molecule has 2 aromatic rings. The lowest BCUT2D eigenvalue weighted by molar-refractivity contribution is -0.151. The number of ether oxygens (including phenoxy) is 3. The van der Waals surface area contributed by atoms with Gasteiger partial charge in [-0.2, -0.15) is 8.42 Å². The van der Waals surface area contributed by atoms with Crippen molar-refractivity contribution >= 4 is 20.9 Å². The number of hydrogen-bond acceptors (Lipinski definition) is 7. The van der Waals surface area contributed by atoms with Crippen LogP contribution in [0.15, 0.2) is 59.5 Å². The van der Waals surface area contributed by atoms with Gasteiger partial charge in [-0.05, 0) is 24.6 Å². The monoisotopic (exact) mass is 454 g/mol. The van der Waals surface area contributed by atoms with Gasteiger partial charge in [-0.1, -0.05) is 48.0 Å². The maximum Gasteiger partial charge on any atom is 0.264 e. The molecule has 164 valence electrons. The number of methoxy groups -OCH3 is 1. The predicted octanol–water partition coefficient (Wildman–Crippen LogP) is 2.40. The fourth-order valence-electron chi connectivity index (χ4n) is 3.28. The zero-order chi connectivity index (χ0) is 21.7. The van der Waals surface area contributed by atoms with E-state index in [-0.39, 0.29) is 6.61 Å². The highest BCUT2D eigenvalue weighted by Crippen LogP contribution is 2.32. The van der Waals surface area contributed by atoms with Crippen LogP contribution in [0.3, 0.4) is 0 Å². The molecule has 30 heavy (non-hydrogen) atoms. The summed E-state index contributed by atoms with van der Waals surface area (Å²) in [6.07, 6.45) is -1.76. The summed E-state index contributed by atoms with van der Waals surface area (Å²) in [5.74, 6) is 0. The fraction of sp³-hybridized carbons (Fsp3) is 0.429. The molecule has 1 aliphatic heterocycles. The van der Waals surface area contributed by atoms with Gasteiger partial charge in [0.25, 0.3) is 10.1 Å². The molecule has 1 heterocycles. The molecule has 0 aliphatic carbocycles. The number of benzene rings is 2. The van der Waals surface area contributed by atoms with Crippen molar-refractivity contribution in [2.75, 3.05) is 20.0 Å². The summed E-state index contributed by atoms with van der Waals surface area (Å²) in [6, 6.07) is 16.8. The van der Waals surface area contributed by atoms with E-state index < -0.39 is 44.7 Å². The minimum atomic E-state index is -3.83. The molecule has 0 radical (unpaired) electrons. The van der Waals surface area contributed by atoms with Crippen LogP contribution < -0.4 is 0 Å². The van der Waals surface area contributed by atoms with Crippen LogP contribution in [0.1, 0.15) is 11.1 Å². The van der Waals surface area contributed by atoms with E-state index in [0.717, 1.165) is 17.4 Å². The van der Waals surface area contributed by atoms with Crippen molar-refractivity contribution in [3.05, 3.63) is 65.7 Å². The lowest BCUT2D eigenvalue weighted by Gasteiger charge is -2.22. The molecule has 1 fully saturated rings. The lowest BCUT2D eigenvalue weighted by atomic mass is 10.2. The molecule has 3 rings (SSSR count). The van der Waals surface area contributed by atoms with Crippen LogP contribution >= 0.6 is 0 Å². The zero-order valence-electron chi connectivity index (χ0n) is 17.1.